The second kappa shape index (κ2) is 8.11. The van der Waals surface area contributed by atoms with Crippen molar-refractivity contribution < 1.29 is 19.0 Å². The lowest BCUT2D eigenvalue weighted by atomic mass is 10.1. The van der Waals surface area contributed by atoms with Gasteiger partial charge in [-0.3, -0.25) is 14.2 Å². The molecule has 122 valence electrons. The SMILES string of the molecule is CC(C)CC(=O)Nc1ccc(C(=O)NCCP(C)(=O)O)cc1. The Morgan fingerprint density at radius 3 is 2.32 bits per heavy atom. The quantitative estimate of drug-likeness (QED) is 0.670. The molecule has 6 nitrogen and oxygen atoms in total. The second-order valence-electron chi connectivity index (χ2n) is 5.75. The first kappa shape index (κ1) is 18.4. The summed E-state index contributed by atoms with van der Waals surface area (Å²) in [4.78, 5) is 32.6. The molecule has 3 N–H and O–H groups in total. The Labute approximate surface area is 130 Å². The van der Waals surface area contributed by atoms with E-state index in [1.165, 1.54) is 6.66 Å². The minimum absolute atomic E-state index is 0.0437. The average molecular weight is 326 g/mol. The third-order valence-electron chi connectivity index (χ3n) is 2.84. The molecule has 0 saturated carbocycles. The highest BCUT2D eigenvalue weighted by molar-refractivity contribution is 7.57. The first-order valence-electron chi connectivity index (χ1n) is 7.15. The maximum Gasteiger partial charge on any atom is 0.251 e. The van der Waals surface area contributed by atoms with Crippen LogP contribution in [-0.2, 0) is 9.36 Å². The molecule has 1 aromatic carbocycles. The molecule has 0 radical (unpaired) electrons. The van der Waals surface area contributed by atoms with Crippen LogP contribution in [-0.4, -0.2) is 36.1 Å². The number of carbonyl (C=O) groups is 2. The molecule has 0 aliphatic heterocycles. The number of benzene rings is 1. The van der Waals surface area contributed by atoms with Gasteiger partial charge in [0.05, 0.1) is 0 Å². The van der Waals surface area contributed by atoms with Gasteiger partial charge in [0.1, 0.15) is 0 Å². The molecule has 0 spiro atoms. The first-order valence-corrected chi connectivity index (χ1v) is 9.44. The molecule has 0 bridgehead atoms. The number of rotatable bonds is 7. The number of hydrogen-bond donors (Lipinski definition) is 3. The Bertz CT molecular complexity index is 563. The van der Waals surface area contributed by atoms with Gasteiger partial charge in [-0.2, -0.15) is 0 Å². The molecule has 2 amide bonds. The molecule has 22 heavy (non-hydrogen) atoms. The van der Waals surface area contributed by atoms with Gasteiger partial charge in [0.2, 0.25) is 5.91 Å². The molecule has 0 saturated heterocycles. The number of carbonyl (C=O) groups excluding carboxylic acids is 2. The van der Waals surface area contributed by atoms with E-state index < -0.39 is 7.37 Å². The standard InChI is InChI=1S/C15H23N2O4P/c1-11(2)10-14(18)17-13-6-4-12(5-7-13)15(19)16-8-9-22(3,20)21/h4-7,11H,8-10H2,1-3H3,(H,16,19)(H,17,18)(H,20,21). The highest BCUT2D eigenvalue weighted by atomic mass is 31.2. The highest BCUT2D eigenvalue weighted by Crippen LogP contribution is 2.33. The Balaban J connectivity index is 2.52. The van der Waals surface area contributed by atoms with Crippen LogP contribution in [0.1, 0.15) is 30.6 Å². The summed E-state index contributed by atoms with van der Waals surface area (Å²) in [5, 5.41) is 5.35. The lowest BCUT2D eigenvalue weighted by Crippen LogP contribution is -2.26. The fraction of sp³-hybridized carbons (Fsp3) is 0.467. The largest absolute Gasteiger partial charge is 0.351 e. The number of anilines is 1. The van der Waals surface area contributed by atoms with Crippen LogP contribution < -0.4 is 10.6 Å². The Morgan fingerprint density at radius 2 is 1.82 bits per heavy atom. The summed E-state index contributed by atoms with van der Waals surface area (Å²) in [6.07, 6.45) is 0.489. The van der Waals surface area contributed by atoms with Crippen LogP contribution in [0.3, 0.4) is 0 Å². The van der Waals surface area contributed by atoms with Crippen molar-refractivity contribution in [2.45, 2.75) is 20.3 Å². The van der Waals surface area contributed by atoms with Crippen molar-refractivity contribution in [2.75, 3.05) is 24.7 Å². The zero-order chi connectivity index (χ0) is 16.8. The topological polar surface area (TPSA) is 95.5 Å². The van der Waals surface area contributed by atoms with Gasteiger partial charge in [-0.15, -0.1) is 0 Å². The van der Waals surface area contributed by atoms with Gasteiger partial charge < -0.3 is 15.5 Å². The van der Waals surface area contributed by atoms with Gasteiger partial charge >= 0.3 is 0 Å². The number of hydrogen-bond acceptors (Lipinski definition) is 3. The van der Waals surface area contributed by atoms with Crippen molar-refractivity contribution >= 4 is 24.9 Å². The van der Waals surface area contributed by atoms with Gasteiger partial charge in [0, 0.05) is 37.0 Å². The van der Waals surface area contributed by atoms with E-state index in [1.807, 2.05) is 13.8 Å². The van der Waals surface area contributed by atoms with Crippen LogP contribution in [0.2, 0.25) is 0 Å². The van der Waals surface area contributed by atoms with Crippen molar-refractivity contribution in [1.82, 2.24) is 5.32 Å². The molecular weight excluding hydrogens is 303 g/mol. The van der Waals surface area contributed by atoms with Crippen LogP contribution in [0.4, 0.5) is 5.69 Å². The summed E-state index contributed by atoms with van der Waals surface area (Å²) in [6.45, 7) is 5.34. The van der Waals surface area contributed by atoms with E-state index in [4.69, 9.17) is 4.89 Å². The predicted octanol–water partition coefficient (Wildman–Crippen LogP) is 2.30. The Morgan fingerprint density at radius 1 is 1.23 bits per heavy atom. The third kappa shape index (κ3) is 7.38. The molecule has 0 aromatic heterocycles. The van der Waals surface area contributed by atoms with Gasteiger partial charge in [-0.1, -0.05) is 13.8 Å². The van der Waals surface area contributed by atoms with Crippen LogP contribution in [0.15, 0.2) is 24.3 Å². The normalized spacial score (nSPS) is 13.5. The van der Waals surface area contributed by atoms with Crippen molar-refractivity contribution in [3.05, 3.63) is 29.8 Å². The summed E-state index contributed by atoms with van der Waals surface area (Å²) >= 11 is 0. The maximum atomic E-state index is 11.8. The lowest BCUT2D eigenvalue weighted by Gasteiger charge is -2.09. The van der Waals surface area contributed by atoms with Gasteiger partial charge in [-0.25, -0.2) is 0 Å². The minimum Gasteiger partial charge on any atom is -0.351 e. The number of nitrogens with one attached hydrogen (secondary N) is 2. The van der Waals surface area contributed by atoms with E-state index in [0.29, 0.717) is 17.7 Å². The molecule has 0 heterocycles. The molecule has 1 atom stereocenters. The first-order chi connectivity index (χ1) is 10.2. The van der Waals surface area contributed by atoms with Crippen molar-refractivity contribution in [2.24, 2.45) is 5.92 Å². The summed E-state index contributed by atoms with van der Waals surface area (Å²) in [7, 11) is -3.11. The molecule has 1 aromatic rings. The monoisotopic (exact) mass is 326 g/mol. The van der Waals surface area contributed by atoms with Gasteiger partial charge in [0.25, 0.3) is 5.91 Å². The lowest BCUT2D eigenvalue weighted by molar-refractivity contribution is -0.116. The van der Waals surface area contributed by atoms with E-state index in [-0.39, 0.29) is 30.4 Å². The third-order valence-corrected chi connectivity index (χ3v) is 3.89. The van der Waals surface area contributed by atoms with E-state index in [2.05, 4.69) is 10.6 Å². The summed E-state index contributed by atoms with van der Waals surface area (Å²) in [6, 6.07) is 6.52. The number of amides is 2. The fourth-order valence-corrected chi connectivity index (χ4v) is 2.29. The smallest absolute Gasteiger partial charge is 0.251 e. The average Bonchev–Trinajstić information content (AvgIpc) is 2.36. The van der Waals surface area contributed by atoms with Crippen LogP contribution in [0.5, 0.6) is 0 Å². The highest BCUT2D eigenvalue weighted by Gasteiger charge is 2.11. The van der Waals surface area contributed by atoms with Crippen molar-refractivity contribution in [1.29, 1.82) is 0 Å². The Hall–Kier alpha value is -1.65. The van der Waals surface area contributed by atoms with Crippen LogP contribution in [0.25, 0.3) is 0 Å². The molecule has 0 aliphatic rings. The van der Waals surface area contributed by atoms with E-state index in [9.17, 15) is 14.2 Å². The summed E-state index contributed by atoms with van der Waals surface area (Å²) in [5.41, 5.74) is 1.07. The fourth-order valence-electron chi connectivity index (χ4n) is 1.77. The van der Waals surface area contributed by atoms with E-state index in [0.717, 1.165) is 0 Å². The van der Waals surface area contributed by atoms with Gasteiger partial charge in [0.15, 0.2) is 7.37 Å². The molecular formula is C15H23N2O4P. The second-order valence-corrected chi connectivity index (χ2v) is 8.30. The zero-order valence-corrected chi connectivity index (χ0v) is 14.0. The van der Waals surface area contributed by atoms with E-state index in [1.54, 1.807) is 24.3 Å². The molecule has 7 heteroatoms. The van der Waals surface area contributed by atoms with Gasteiger partial charge in [-0.05, 0) is 30.2 Å². The van der Waals surface area contributed by atoms with E-state index >= 15 is 0 Å². The predicted molar refractivity (Wildman–Crippen MR) is 87.5 cm³/mol. The summed E-state index contributed by atoms with van der Waals surface area (Å²) in [5.74, 6) is -0.0894. The Kier molecular flexibility index (Phi) is 6.78. The van der Waals surface area contributed by atoms with Crippen molar-refractivity contribution in [3.63, 3.8) is 0 Å². The molecule has 1 unspecified atom stereocenters. The summed E-state index contributed by atoms with van der Waals surface area (Å²) < 4.78 is 11.1. The molecule has 0 aliphatic carbocycles. The van der Waals surface area contributed by atoms with Crippen LogP contribution in [0, 0.1) is 5.92 Å². The molecule has 0 fully saturated rings. The molecule has 1 rings (SSSR count). The zero-order valence-electron chi connectivity index (χ0n) is 13.1. The minimum atomic E-state index is -3.11. The van der Waals surface area contributed by atoms with Crippen LogP contribution >= 0.6 is 7.37 Å². The maximum absolute atomic E-state index is 11.8. The van der Waals surface area contributed by atoms with Crippen molar-refractivity contribution in [3.8, 4) is 0 Å².